The Labute approximate surface area is 357 Å². The number of rotatable bonds is 7. The monoisotopic (exact) mass is 793 g/mol. The lowest BCUT2D eigenvalue weighted by Gasteiger charge is -2.12. The van der Waals surface area contributed by atoms with Gasteiger partial charge < -0.3 is 0 Å². The molecule has 6 nitrogen and oxygen atoms in total. The maximum absolute atomic E-state index is 5.28. The predicted molar refractivity (Wildman–Crippen MR) is 252 cm³/mol. The Kier molecular flexibility index (Phi) is 8.38. The molecule has 1 N–H and O–H groups in total. The number of benzene rings is 8. The number of nitrogens with zero attached hydrogens (tertiary/aromatic N) is 5. The molecule has 0 aliphatic rings. The molecule has 6 heteroatoms. The van der Waals surface area contributed by atoms with Gasteiger partial charge in [0.15, 0.2) is 5.69 Å². The molecule has 0 saturated carbocycles. The molecule has 12 rings (SSSR count). The number of para-hydroxylation sites is 2. The van der Waals surface area contributed by atoms with E-state index in [9.17, 15) is 0 Å². The van der Waals surface area contributed by atoms with E-state index in [2.05, 4.69) is 208 Å². The molecule has 62 heavy (non-hydrogen) atoms. The molecular formula is C56H37N6+. The van der Waals surface area contributed by atoms with E-state index in [1.807, 2.05) is 24.3 Å². The number of hydrogen-bond donors (Lipinski definition) is 0. The Morgan fingerprint density at radius 1 is 0.290 bits per heavy atom. The van der Waals surface area contributed by atoms with Crippen LogP contribution in [0.3, 0.4) is 0 Å². The second-order valence-corrected chi connectivity index (χ2v) is 15.6. The third-order valence-electron chi connectivity index (χ3n) is 11.9. The summed E-state index contributed by atoms with van der Waals surface area (Å²) in [4.78, 5) is 19.5. The molecule has 0 bridgehead atoms. The van der Waals surface area contributed by atoms with Gasteiger partial charge in [-0.15, -0.1) is 0 Å². The molecule has 0 aliphatic carbocycles. The summed E-state index contributed by atoms with van der Waals surface area (Å²) in [5, 5.41) is 4.60. The van der Waals surface area contributed by atoms with Crippen LogP contribution >= 0.6 is 0 Å². The SMILES string of the molecule is c1ccc(-c2cc(-c3ccccc3)nc(-n3c4ccccc4c4cc(-c5ccc6c(c5)c5ccccc5n6-c5nc(-c6ccccc6)cc(-c6ccccc6)[nH+]5)ccc43)n2)cc1. The highest BCUT2D eigenvalue weighted by molar-refractivity contribution is 6.12. The van der Waals surface area contributed by atoms with E-state index in [4.69, 9.17) is 15.0 Å². The summed E-state index contributed by atoms with van der Waals surface area (Å²) in [7, 11) is 0. The Morgan fingerprint density at radius 3 is 1.21 bits per heavy atom. The molecule has 0 amide bonds. The molecule has 0 aliphatic heterocycles. The molecule has 0 saturated heterocycles. The highest BCUT2D eigenvalue weighted by atomic mass is 15.2. The Hall–Kier alpha value is -8.48. The van der Waals surface area contributed by atoms with Crippen LogP contribution in [0.1, 0.15) is 0 Å². The Bertz CT molecular complexity index is 3260. The van der Waals surface area contributed by atoms with Crippen molar-refractivity contribution in [2.24, 2.45) is 0 Å². The van der Waals surface area contributed by atoms with Crippen molar-refractivity contribution in [1.29, 1.82) is 0 Å². The summed E-state index contributed by atoms with van der Waals surface area (Å²) < 4.78 is 4.47. The molecule has 0 radical (unpaired) electrons. The summed E-state index contributed by atoms with van der Waals surface area (Å²) in [6, 6.07) is 76.5. The topological polar surface area (TPSA) is 62.7 Å². The molecular weight excluding hydrogens is 757 g/mol. The van der Waals surface area contributed by atoms with Crippen molar-refractivity contribution in [2.45, 2.75) is 0 Å². The van der Waals surface area contributed by atoms with E-state index in [1.54, 1.807) is 0 Å². The van der Waals surface area contributed by atoms with Crippen LogP contribution in [-0.4, -0.2) is 24.1 Å². The van der Waals surface area contributed by atoms with Crippen molar-refractivity contribution < 1.29 is 4.98 Å². The van der Waals surface area contributed by atoms with Gasteiger partial charge in [-0.1, -0.05) is 175 Å². The maximum Gasteiger partial charge on any atom is 0.402 e. The summed E-state index contributed by atoms with van der Waals surface area (Å²) in [5.74, 6) is 1.39. The van der Waals surface area contributed by atoms with Crippen LogP contribution in [0.15, 0.2) is 218 Å². The van der Waals surface area contributed by atoms with Crippen molar-refractivity contribution in [3.05, 3.63) is 218 Å². The van der Waals surface area contributed by atoms with Gasteiger partial charge >= 0.3 is 5.95 Å². The lowest BCUT2D eigenvalue weighted by atomic mass is 10.0. The molecule has 290 valence electrons. The minimum absolute atomic E-state index is 0.635. The Balaban J connectivity index is 1.02. The van der Waals surface area contributed by atoms with Crippen molar-refractivity contribution in [3.8, 4) is 68.1 Å². The van der Waals surface area contributed by atoms with Crippen LogP contribution in [0, 0.1) is 0 Å². The van der Waals surface area contributed by atoms with Gasteiger partial charge in [0.2, 0.25) is 5.95 Å². The van der Waals surface area contributed by atoms with Gasteiger partial charge in [-0.3, -0.25) is 4.57 Å². The third-order valence-corrected chi connectivity index (χ3v) is 11.9. The number of H-pyrrole nitrogens is 1. The first-order valence-corrected chi connectivity index (χ1v) is 20.9. The molecule has 0 atom stereocenters. The molecule has 0 fully saturated rings. The minimum atomic E-state index is 0.635. The quantitative estimate of drug-likeness (QED) is 0.161. The zero-order valence-corrected chi connectivity index (χ0v) is 33.5. The van der Waals surface area contributed by atoms with E-state index in [-0.39, 0.29) is 0 Å². The first kappa shape index (κ1) is 35.5. The van der Waals surface area contributed by atoms with Crippen LogP contribution in [0.5, 0.6) is 0 Å². The summed E-state index contributed by atoms with van der Waals surface area (Å²) >= 11 is 0. The molecule has 0 unspecified atom stereocenters. The summed E-state index contributed by atoms with van der Waals surface area (Å²) in [5.41, 5.74) is 14.4. The molecule has 12 aromatic rings. The fourth-order valence-corrected chi connectivity index (χ4v) is 8.90. The van der Waals surface area contributed by atoms with Crippen LogP contribution < -0.4 is 4.98 Å². The van der Waals surface area contributed by atoms with Gasteiger partial charge in [0.05, 0.1) is 22.4 Å². The smallest absolute Gasteiger partial charge is 0.278 e. The molecule has 4 aromatic heterocycles. The third kappa shape index (κ3) is 6.04. The van der Waals surface area contributed by atoms with Crippen molar-refractivity contribution in [3.63, 3.8) is 0 Å². The van der Waals surface area contributed by atoms with Gasteiger partial charge in [-0.05, 0) is 53.6 Å². The van der Waals surface area contributed by atoms with E-state index < -0.39 is 0 Å². The second-order valence-electron chi connectivity index (χ2n) is 15.6. The van der Waals surface area contributed by atoms with Crippen molar-refractivity contribution in [1.82, 2.24) is 24.1 Å². The highest BCUT2D eigenvalue weighted by Crippen LogP contribution is 2.38. The van der Waals surface area contributed by atoms with Crippen LogP contribution in [0.4, 0.5) is 0 Å². The van der Waals surface area contributed by atoms with Gasteiger partial charge in [-0.2, -0.15) is 4.57 Å². The number of fused-ring (bicyclic) bond motifs is 6. The lowest BCUT2D eigenvalue weighted by Crippen LogP contribution is -2.19. The molecule has 8 aromatic carbocycles. The largest absolute Gasteiger partial charge is 0.402 e. The fourth-order valence-electron chi connectivity index (χ4n) is 8.90. The number of hydrogen-bond acceptors (Lipinski definition) is 3. The fraction of sp³-hybridized carbons (Fsp3) is 0. The van der Waals surface area contributed by atoms with Crippen LogP contribution in [0.2, 0.25) is 0 Å². The standard InChI is InChI=1S/C56H36N6/c1-5-17-37(18-6-1)47-35-48(38-19-7-2-8-20-38)58-55(57-47)61-51-27-15-13-25-43(51)45-33-41(29-31-53(45)61)42-30-32-54-46(34-42)44-26-14-16-28-52(44)62(54)56-59-49(39-21-9-3-10-22-39)36-50(60-56)40-23-11-4-12-24-40/h1-36H/p+1. The van der Waals surface area contributed by atoms with Crippen LogP contribution in [0.25, 0.3) is 112 Å². The van der Waals surface area contributed by atoms with E-state index in [0.717, 1.165) is 106 Å². The van der Waals surface area contributed by atoms with Crippen LogP contribution in [-0.2, 0) is 0 Å². The highest BCUT2D eigenvalue weighted by Gasteiger charge is 2.24. The average Bonchev–Trinajstić information content (AvgIpc) is 3.87. The Morgan fingerprint density at radius 2 is 0.694 bits per heavy atom. The number of aromatic amines is 1. The summed E-state index contributed by atoms with van der Waals surface area (Å²) in [6.45, 7) is 0. The van der Waals surface area contributed by atoms with E-state index in [1.165, 1.54) is 0 Å². The first-order chi connectivity index (χ1) is 30.7. The molecule has 0 spiro atoms. The average molecular weight is 794 g/mol. The first-order valence-electron chi connectivity index (χ1n) is 20.9. The van der Waals surface area contributed by atoms with E-state index in [0.29, 0.717) is 5.95 Å². The zero-order valence-electron chi connectivity index (χ0n) is 33.5. The minimum Gasteiger partial charge on any atom is -0.278 e. The second kappa shape index (κ2) is 14.7. The zero-order chi connectivity index (χ0) is 41.0. The van der Waals surface area contributed by atoms with Gasteiger partial charge in [-0.25, -0.2) is 15.0 Å². The normalized spacial score (nSPS) is 11.5. The molecule has 4 heterocycles. The number of nitrogens with one attached hydrogen (secondary N) is 1. The van der Waals surface area contributed by atoms with Crippen molar-refractivity contribution >= 4 is 43.6 Å². The maximum atomic E-state index is 5.28. The van der Waals surface area contributed by atoms with Gasteiger partial charge in [0.1, 0.15) is 16.7 Å². The summed E-state index contributed by atoms with van der Waals surface area (Å²) in [6.07, 6.45) is 0. The number of aromatic nitrogens is 6. The van der Waals surface area contributed by atoms with Gasteiger partial charge in [0, 0.05) is 49.9 Å². The predicted octanol–water partition coefficient (Wildman–Crippen LogP) is 13.2. The van der Waals surface area contributed by atoms with Gasteiger partial charge in [0.25, 0.3) is 0 Å². The van der Waals surface area contributed by atoms with Crippen molar-refractivity contribution in [2.75, 3.05) is 0 Å². The van der Waals surface area contributed by atoms with E-state index >= 15 is 0 Å². The lowest BCUT2D eigenvalue weighted by molar-refractivity contribution is -0.363.